The number of hydrogen-bond acceptors (Lipinski definition) is 5. The Morgan fingerprint density at radius 2 is 1.97 bits per heavy atom. The fourth-order valence-corrected chi connectivity index (χ4v) is 3.49. The molecular formula is C23H41IN6O2. The predicted octanol–water partition coefficient (Wildman–Crippen LogP) is 3.79. The van der Waals surface area contributed by atoms with Crippen molar-refractivity contribution in [3.8, 4) is 0 Å². The quantitative estimate of drug-likeness (QED) is 0.300. The Morgan fingerprint density at radius 1 is 1.28 bits per heavy atom. The average Bonchev–Trinajstić information content (AvgIpc) is 2.72. The van der Waals surface area contributed by atoms with Gasteiger partial charge in [0.25, 0.3) is 0 Å². The molecule has 2 heterocycles. The SMILES string of the molecule is CCCN(CCNC(=NC)NC1CCN(c2ccc(C)cn2)CC1)C(=O)OC(C)(C)C.I. The average molecular weight is 561 g/mol. The molecule has 1 amide bonds. The minimum absolute atomic E-state index is 0. The van der Waals surface area contributed by atoms with E-state index >= 15 is 0 Å². The molecule has 1 aromatic rings. The van der Waals surface area contributed by atoms with Gasteiger partial charge in [0, 0.05) is 52.0 Å². The number of pyridine rings is 1. The summed E-state index contributed by atoms with van der Waals surface area (Å²) in [4.78, 5) is 25.4. The first-order valence-electron chi connectivity index (χ1n) is 11.3. The summed E-state index contributed by atoms with van der Waals surface area (Å²) in [5, 5.41) is 6.85. The smallest absolute Gasteiger partial charge is 0.410 e. The molecule has 1 aliphatic rings. The lowest BCUT2D eigenvalue weighted by atomic mass is 10.1. The van der Waals surface area contributed by atoms with Crippen LogP contribution in [-0.4, -0.2) is 73.4 Å². The number of carbonyl (C=O) groups excluding carboxylic acids is 1. The van der Waals surface area contributed by atoms with E-state index in [0.29, 0.717) is 25.7 Å². The Bertz CT molecular complexity index is 712. The maximum absolute atomic E-state index is 12.4. The molecule has 32 heavy (non-hydrogen) atoms. The van der Waals surface area contributed by atoms with E-state index in [1.54, 1.807) is 11.9 Å². The van der Waals surface area contributed by atoms with E-state index in [1.807, 2.05) is 27.0 Å². The molecule has 2 N–H and O–H groups in total. The Labute approximate surface area is 210 Å². The molecule has 0 aliphatic carbocycles. The van der Waals surface area contributed by atoms with Gasteiger partial charge in [-0.25, -0.2) is 9.78 Å². The van der Waals surface area contributed by atoms with Gasteiger partial charge in [-0.05, 0) is 58.6 Å². The molecule has 2 rings (SSSR count). The molecule has 1 aliphatic heterocycles. The van der Waals surface area contributed by atoms with Crippen LogP contribution in [-0.2, 0) is 4.74 Å². The van der Waals surface area contributed by atoms with Gasteiger partial charge < -0.3 is 25.2 Å². The highest BCUT2D eigenvalue weighted by Crippen LogP contribution is 2.18. The van der Waals surface area contributed by atoms with E-state index < -0.39 is 5.60 Å². The zero-order chi connectivity index (χ0) is 22.9. The Morgan fingerprint density at radius 3 is 2.50 bits per heavy atom. The number of nitrogens with zero attached hydrogens (tertiary/aromatic N) is 4. The van der Waals surface area contributed by atoms with E-state index in [1.165, 1.54) is 5.56 Å². The Hall–Kier alpha value is -1.78. The van der Waals surface area contributed by atoms with E-state index in [4.69, 9.17) is 4.74 Å². The first-order valence-corrected chi connectivity index (χ1v) is 11.3. The number of carbonyl (C=O) groups is 1. The first kappa shape index (κ1) is 28.3. The number of hydrogen-bond donors (Lipinski definition) is 2. The van der Waals surface area contributed by atoms with Gasteiger partial charge in [0.15, 0.2) is 5.96 Å². The van der Waals surface area contributed by atoms with Crippen molar-refractivity contribution in [3.05, 3.63) is 23.9 Å². The summed E-state index contributed by atoms with van der Waals surface area (Å²) in [7, 11) is 1.78. The van der Waals surface area contributed by atoms with Crippen LogP contribution in [0.4, 0.5) is 10.6 Å². The van der Waals surface area contributed by atoms with Gasteiger partial charge in [0.2, 0.25) is 0 Å². The maximum Gasteiger partial charge on any atom is 0.410 e. The molecule has 0 atom stereocenters. The lowest BCUT2D eigenvalue weighted by molar-refractivity contribution is 0.0253. The molecule has 1 fully saturated rings. The van der Waals surface area contributed by atoms with Crippen LogP contribution in [0.3, 0.4) is 0 Å². The van der Waals surface area contributed by atoms with Gasteiger partial charge in [-0.2, -0.15) is 0 Å². The summed E-state index contributed by atoms with van der Waals surface area (Å²) in [6.07, 6.45) is 4.59. The van der Waals surface area contributed by atoms with Crippen molar-refractivity contribution in [2.45, 2.75) is 65.5 Å². The Balaban J connectivity index is 0.00000512. The van der Waals surface area contributed by atoms with Crippen LogP contribution >= 0.6 is 24.0 Å². The van der Waals surface area contributed by atoms with Crippen molar-refractivity contribution >= 4 is 41.8 Å². The number of anilines is 1. The van der Waals surface area contributed by atoms with E-state index in [2.05, 4.69) is 51.5 Å². The third-order valence-corrected chi connectivity index (χ3v) is 5.10. The zero-order valence-electron chi connectivity index (χ0n) is 20.5. The standard InChI is InChI=1S/C23H40N6O2.HI/c1-7-13-29(22(30)31-23(3,4)5)16-12-25-21(24-6)27-19-10-14-28(15-11-19)20-9-8-18(2)17-26-20;/h8-9,17,19H,7,10-16H2,1-6H3,(H2,24,25,27);1H. The van der Waals surface area contributed by atoms with Crippen LogP contribution in [0.2, 0.25) is 0 Å². The van der Waals surface area contributed by atoms with Crippen LogP contribution in [0.1, 0.15) is 52.5 Å². The highest BCUT2D eigenvalue weighted by Gasteiger charge is 2.23. The molecule has 8 nitrogen and oxygen atoms in total. The highest BCUT2D eigenvalue weighted by molar-refractivity contribution is 14.0. The molecule has 0 aromatic carbocycles. The van der Waals surface area contributed by atoms with Crippen LogP contribution < -0.4 is 15.5 Å². The van der Waals surface area contributed by atoms with Crippen molar-refractivity contribution in [1.82, 2.24) is 20.5 Å². The molecule has 0 saturated carbocycles. The number of amides is 1. The maximum atomic E-state index is 12.4. The molecule has 0 unspecified atom stereocenters. The molecular weight excluding hydrogens is 519 g/mol. The number of aromatic nitrogens is 1. The summed E-state index contributed by atoms with van der Waals surface area (Å²) in [5.74, 6) is 1.82. The lowest BCUT2D eigenvalue weighted by Crippen LogP contribution is -2.50. The van der Waals surface area contributed by atoms with E-state index in [0.717, 1.165) is 44.1 Å². The van der Waals surface area contributed by atoms with Crippen LogP contribution in [0.5, 0.6) is 0 Å². The van der Waals surface area contributed by atoms with Gasteiger partial charge in [0.1, 0.15) is 11.4 Å². The summed E-state index contributed by atoms with van der Waals surface area (Å²) < 4.78 is 5.51. The highest BCUT2D eigenvalue weighted by atomic mass is 127. The third-order valence-electron chi connectivity index (χ3n) is 5.10. The number of guanidine groups is 1. The number of aryl methyl sites for hydroxylation is 1. The molecule has 0 spiro atoms. The summed E-state index contributed by atoms with van der Waals surface area (Å²) in [6.45, 7) is 13.6. The van der Waals surface area contributed by atoms with Crippen LogP contribution in [0.15, 0.2) is 23.3 Å². The van der Waals surface area contributed by atoms with E-state index in [-0.39, 0.29) is 30.1 Å². The summed E-state index contributed by atoms with van der Waals surface area (Å²) in [5.41, 5.74) is 0.691. The topological polar surface area (TPSA) is 82.1 Å². The molecule has 0 radical (unpaired) electrons. The van der Waals surface area contributed by atoms with Crippen LogP contribution in [0, 0.1) is 6.92 Å². The number of rotatable bonds is 7. The number of halogens is 1. The molecule has 1 saturated heterocycles. The first-order chi connectivity index (χ1) is 14.7. The van der Waals surface area contributed by atoms with Gasteiger partial charge >= 0.3 is 6.09 Å². The second kappa shape index (κ2) is 13.7. The minimum atomic E-state index is -0.489. The molecule has 1 aromatic heterocycles. The zero-order valence-corrected chi connectivity index (χ0v) is 22.8. The molecule has 9 heteroatoms. The third kappa shape index (κ3) is 9.79. The van der Waals surface area contributed by atoms with Gasteiger partial charge in [-0.15, -0.1) is 24.0 Å². The lowest BCUT2D eigenvalue weighted by Gasteiger charge is -2.34. The van der Waals surface area contributed by atoms with Gasteiger partial charge in [-0.1, -0.05) is 13.0 Å². The molecule has 182 valence electrons. The number of nitrogens with one attached hydrogen (secondary N) is 2. The van der Waals surface area contributed by atoms with Crippen LogP contribution in [0.25, 0.3) is 0 Å². The monoisotopic (exact) mass is 560 g/mol. The second-order valence-electron chi connectivity index (χ2n) is 9.07. The minimum Gasteiger partial charge on any atom is -0.444 e. The number of piperidine rings is 1. The normalized spacial score (nSPS) is 15.1. The largest absolute Gasteiger partial charge is 0.444 e. The number of ether oxygens (including phenoxy) is 1. The van der Waals surface area contributed by atoms with Gasteiger partial charge in [-0.3, -0.25) is 4.99 Å². The van der Waals surface area contributed by atoms with Crippen molar-refractivity contribution in [2.24, 2.45) is 4.99 Å². The Kier molecular flexibility index (Phi) is 12.1. The van der Waals surface area contributed by atoms with Gasteiger partial charge in [0.05, 0.1) is 0 Å². The number of aliphatic imine (C=N–C) groups is 1. The van der Waals surface area contributed by atoms with E-state index in [9.17, 15) is 4.79 Å². The summed E-state index contributed by atoms with van der Waals surface area (Å²) >= 11 is 0. The van der Waals surface area contributed by atoms with Crippen molar-refractivity contribution < 1.29 is 9.53 Å². The fraction of sp³-hybridized carbons (Fsp3) is 0.696. The predicted molar refractivity (Wildman–Crippen MR) is 142 cm³/mol. The van der Waals surface area contributed by atoms with Crippen molar-refractivity contribution in [3.63, 3.8) is 0 Å². The second-order valence-corrected chi connectivity index (χ2v) is 9.07. The fourth-order valence-electron chi connectivity index (χ4n) is 3.49. The molecule has 0 bridgehead atoms. The summed E-state index contributed by atoms with van der Waals surface area (Å²) in [6, 6.07) is 4.57. The van der Waals surface area contributed by atoms with Crippen molar-refractivity contribution in [2.75, 3.05) is 44.7 Å². The van der Waals surface area contributed by atoms with Crippen molar-refractivity contribution in [1.29, 1.82) is 0 Å².